The number of amides is 1. The summed E-state index contributed by atoms with van der Waals surface area (Å²) < 4.78 is 5.24. The minimum Gasteiger partial charge on any atom is -0.497 e. The van der Waals surface area contributed by atoms with Gasteiger partial charge < -0.3 is 9.64 Å². The summed E-state index contributed by atoms with van der Waals surface area (Å²) in [6.07, 6.45) is 5.53. The van der Waals surface area contributed by atoms with E-state index in [-0.39, 0.29) is 5.91 Å². The average Bonchev–Trinajstić information content (AvgIpc) is 3.60. The van der Waals surface area contributed by atoms with Crippen LogP contribution < -0.4 is 4.74 Å². The molecule has 2 aliphatic rings. The molecule has 0 N–H and O–H groups in total. The molecule has 2 aromatic carbocycles. The standard InChI is InChI=1S/C24H28N2O2/c1-28-23-11-7-19(8-12-23)17-26(22-9-10-22)18-24(27)25-15-13-21(14-16-25)20-5-3-2-4-6-20/h2-8,11-13,22H,9-10,14-18H2,1H3. The van der Waals surface area contributed by atoms with Crippen LogP contribution in [0.4, 0.5) is 0 Å². The third-order valence-corrected chi connectivity index (χ3v) is 5.65. The molecule has 4 nitrogen and oxygen atoms in total. The lowest BCUT2D eigenvalue weighted by atomic mass is 9.99. The highest BCUT2D eigenvalue weighted by atomic mass is 16.5. The maximum absolute atomic E-state index is 12.9. The first-order valence-corrected chi connectivity index (χ1v) is 10.1. The molecule has 2 aromatic rings. The molecular weight excluding hydrogens is 348 g/mol. The summed E-state index contributed by atoms with van der Waals surface area (Å²) in [7, 11) is 1.68. The van der Waals surface area contributed by atoms with E-state index < -0.39 is 0 Å². The van der Waals surface area contributed by atoms with Gasteiger partial charge in [0, 0.05) is 25.7 Å². The topological polar surface area (TPSA) is 32.8 Å². The van der Waals surface area contributed by atoms with Crippen molar-refractivity contribution >= 4 is 11.5 Å². The second-order valence-corrected chi connectivity index (χ2v) is 7.67. The van der Waals surface area contributed by atoms with Gasteiger partial charge in [-0.25, -0.2) is 0 Å². The third kappa shape index (κ3) is 4.63. The summed E-state index contributed by atoms with van der Waals surface area (Å²) in [6.45, 7) is 2.84. The molecule has 1 fully saturated rings. The van der Waals surface area contributed by atoms with Gasteiger partial charge in [0.15, 0.2) is 0 Å². The quantitative estimate of drug-likeness (QED) is 0.733. The van der Waals surface area contributed by atoms with Crippen LogP contribution in [0.2, 0.25) is 0 Å². The van der Waals surface area contributed by atoms with E-state index in [1.165, 1.54) is 29.5 Å². The Bertz CT molecular complexity index is 825. The number of rotatable bonds is 7. The van der Waals surface area contributed by atoms with Crippen LogP contribution in [0.3, 0.4) is 0 Å². The second kappa shape index (κ2) is 8.61. The van der Waals surface area contributed by atoms with Crippen LogP contribution in [0.1, 0.15) is 30.4 Å². The smallest absolute Gasteiger partial charge is 0.237 e. The van der Waals surface area contributed by atoms with Crippen molar-refractivity contribution in [3.8, 4) is 5.75 Å². The van der Waals surface area contributed by atoms with Gasteiger partial charge in [-0.15, -0.1) is 0 Å². The van der Waals surface area contributed by atoms with E-state index in [1.54, 1.807) is 7.11 Å². The number of hydrogen-bond acceptors (Lipinski definition) is 3. The van der Waals surface area contributed by atoms with Crippen molar-refractivity contribution in [2.24, 2.45) is 0 Å². The molecule has 28 heavy (non-hydrogen) atoms. The van der Waals surface area contributed by atoms with Crippen LogP contribution in [-0.4, -0.2) is 48.5 Å². The Morgan fingerprint density at radius 3 is 2.46 bits per heavy atom. The van der Waals surface area contributed by atoms with Crippen molar-refractivity contribution in [1.29, 1.82) is 0 Å². The van der Waals surface area contributed by atoms with Crippen molar-refractivity contribution in [1.82, 2.24) is 9.80 Å². The first-order valence-electron chi connectivity index (χ1n) is 10.1. The highest BCUT2D eigenvalue weighted by Crippen LogP contribution is 2.29. The fourth-order valence-electron chi connectivity index (χ4n) is 3.80. The molecule has 1 amide bonds. The Labute approximate surface area is 167 Å². The molecule has 1 heterocycles. The zero-order valence-corrected chi connectivity index (χ0v) is 16.5. The lowest BCUT2D eigenvalue weighted by Crippen LogP contribution is -2.42. The van der Waals surface area contributed by atoms with Crippen LogP contribution in [0.15, 0.2) is 60.7 Å². The first kappa shape index (κ1) is 18.8. The second-order valence-electron chi connectivity index (χ2n) is 7.67. The summed E-state index contributed by atoms with van der Waals surface area (Å²) >= 11 is 0. The summed E-state index contributed by atoms with van der Waals surface area (Å²) in [5, 5.41) is 0. The Balaban J connectivity index is 1.35. The van der Waals surface area contributed by atoms with Gasteiger partial charge in [-0.3, -0.25) is 9.69 Å². The number of methoxy groups -OCH3 is 1. The fourth-order valence-corrected chi connectivity index (χ4v) is 3.80. The largest absolute Gasteiger partial charge is 0.497 e. The van der Waals surface area contributed by atoms with E-state index >= 15 is 0 Å². The Morgan fingerprint density at radius 2 is 1.86 bits per heavy atom. The molecule has 1 saturated carbocycles. The van der Waals surface area contributed by atoms with E-state index in [0.29, 0.717) is 19.1 Å². The van der Waals surface area contributed by atoms with Gasteiger partial charge in [-0.1, -0.05) is 48.5 Å². The lowest BCUT2D eigenvalue weighted by molar-refractivity contribution is -0.132. The zero-order valence-electron chi connectivity index (χ0n) is 16.5. The summed E-state index contributed by atoms with van der Waals surface area (Å²) in [5.41, 5.74) is 3.85. The molecule has 1 aliphatic carbocycles. The van der Waals surface area contributed by atoms with Crippen molar-refractivity contribution in [2.45, 2.75) is 31.8 Å². The van der Waals surface area contributed by atoms with Gasteiger partial charge in [0.1, 0.15) is 5.75 Å². The van der Waals surface area contributed by atoms with Crippen molar-refractivity contribution in [3.63, 3.8) is 0 Å². The monoisotopic (exact) mass is 376 g/mol. The first-order chi connectivity index (χ1) is 13.7. The Hall–Kier alpha value is -2.59. The number of hydrogen-bond donors (Lipinski definition) is 0. The number of carbonyl (C=O) groups excluding carboxylic acids is 1. The van der Waals surface area contributed by atoms with E-state index in [4.69, 9.17) is 4.74 Å². The van der Waals surface area contributed by atoms with Crippen molar-refractivity contribution in [2.75, 3.05) is 26.7 Å². The Kier molecular flexibility index (Phi) is 5.77. The molecule has 0 bridgehead atoms. The molecule has 1 aliphatic heterocycles. The number of ether oxygens (including phenoxy) is 1. The third-order valence-electron chi connectivity index (χ3n) is 5.65. The summed E-state index contributed by atoms with van der Waals surface area (Å²) in [4.78, 5) is 17.2. The molecule has 4 heteroatoms. The van der Waals surface area contributed by atoms with E-state index in [2.05, 4.69) is 47.4 Å². The fraction of sp³-hybridized carbons (Fsp3) is 0.375. The van der Waals surface area contributed by atoms with Gasteiger partial charge in [-0.05, 0) is 48.1 Å². The summed E-state index contributed by atoms with van der Waals surface area (Å²) in [6, 6.07) is 19.2. The molecular formula is C24H28N2O2. The maximum Gasteiger partial charge on any atom is 0.237 e. The van der Waals surface area contributed by atoms with Crippen LogP contribution in [0.25, 0.3) is 5.57 Å². The van der Waals surface area contributed by atoms with Gasteiger partial charge >= 0.3 is 0 Å². The SMILES string of the molecule is COc1ccc(CN(CC(=O)N2CC=C(c3ccccc3)CC2)C2CC2)cc1. The van der Waals surface area contributed by atoms with Gasteiger partial charge in [0.25, 0.3) is 0 Å². The molecule has 0 radical (unpaired) electrons. The lowest BCUT2D eigenvalue weighted by Gasteiger charge is -2.30. The minimum absolute atomic E-state index is 0.240. The average molecular weight is 377 g/mol. The molecule has 4 rings (SSSR count). The van der Waals surface area contributed by atoms with Crippen molar-refractivity contribution < 1.29 is 9.53 Å². The van der Waals surface area contributed by atoms with Gasteiger partial charge in [0.05, 0.1) is 13.7 Å². The van der Waals surface area contributed by atoms with Gasteiger partial charge in [-0.2, -0.15) is 0 Å². The predicted octanol–water partition coefficient (Wildman–Crippen LogP) is 3.98. The van der Waals surface area contributed by atoms with Crippen molar-refractivity contribution in [3.05, 3.63) is 71.8 Å². The number of carbonyl (C=O) groups is 1. The van der Waals surface area contributed by atoms with Gasteiger partial charge in [0.2, 0.25) is 5.91 Å². The van der Waals surface area contributed by atoms with E-state index in [9.17, 15) is 4.79 Å². The van der Waals surface area contributed by atoms with E-state index in [1.807, 2.05) is 23.1 Å². The molecule has 0 unspecified atom stereocenters. The van der Waals surface area contributed by atoms with Crippen LogP contribution in [0.5, 0.6) is 5.75 Å². The van der Waals surface area contributed by atoms with Crippen LogP contribution >= 0.6 is 0 Å². The number of nitrogens with zero attached hydrogens (tertiary/aromatic N) is 2. The highest BCUT2D eigenvalue weighted by molar-refractivity contribution is 5.80. The normalized spacial score (nSPS) is 16.8. The number of benzene rings is 2. The van der Waals surface area contributed by atoms with Crippen LogP contribution in [-0.2, 0) is 11.3 Å². The zero-order chi connectivity index (χ0) is 19.3. The molecule has 0 spiro atoms. The molecule has 146 valence electrons. The summed E-state index contributed by atoms with van der Waals surface area (Å²) in [5.74, 6) is 1.11. The maximum atomic E-state index is 12.9. The Morgan fingerprint density at radius 1 is 1.11 bits per heavy atom. The van der Waals surface area contributed by atoms with E-state index in [0.717, 1.165) is 25.3 Å². The molecule has 0 atom stereocenters. The minimum atomic E-state index is 0.240. The predicted molar refractivity (Wildman–Crippen MR) is 112 cm³/mol. The molecule has 0 aromatic heterocycles. The molecule has 0 saturated heterocycles. The highest BCUT2D eigenvalue weighted by Gasteiger charge is 2.31. The van der Waals surface area contributed by atoms with Crippen LogP contribution in [0, 0.1) is 0 Å².